The molecule has 21 heavy (non-hydrogen) atoms. The average molecular weight is 294 g/mol. The summed E-state index contributed by atoms with van der Waals surface area (Å²) in [7, 11) is 0. The van der Waals surface area contributed by atoms with Gasteiger partial charge in [-0.3, -0.25) is 4.79 Å². The van der Waals surface area contributed by atoms with E-state index in [9.17, 15) is 15.0 Å². The van der Waals surface area contributed by atoms with Gasteiger partial charge in [0.2, 0.25) is 0 Å². The van der Waals surface area contributed by atoms with Gasteiger partial charge in [0, 0.05) is 6.61 Å². The van der Waals surface area contributed by atoms with E-state index in [2.05, 4.69) is 0 Å². The minimum absolute atomic E-state index is 0.122. The molecule has 1 aliphatic rings. The van der Waals surface area contributed by atoms with E-state index in [4.69, 9.17) is 9.47 Å². The molecule has 1 saturated heterocycles. The largest absolute Gasteiger partial charge is 0.481 e. The van der Waals surface area contributed by atoms with Gasteiger partial charge in [0.15, 0.2) is 0 Å². The third-order valence-electron chi connectivity index (χ3n) is 4.14. The zero-order valence-corrected chi connectivity index (χ0v) is 12.2. The maximum atomic E-state index is 11.5. The van der Waals surface area contributed by atoms with Gasteiger partial charge in [0.25, 0.3) is 0 Å². The van der Waals surface area contributed by atoms with E-state index in [1.807, 2.05) is 30.3 Å². The Hall–Kier alpha value is -1.43. The van der Waals surface area contributed by atoms with E-state index in [-0.39, 0.29) is 13.0 Å². The summed E-state index contributed by atoms with van der Waals surface area (Å²) in [6, 6.07) is 9.66. The molecule has 2 rings (SSSR count). The van der Waals surface area contributed by atoms with E-state index < -0.39 is 23.6 Å². The molecule has 0 spiro atoms. The van der Waals surface area contributed by atoms with Crippen LogP contribution in [-0.2, 0) is 20.9 Å². The molecule has 3 atom stereocenters. The molecule has 5 heteroatoms. The summed E-state index contributed by atoms with van der Waals surface area (Å²) in [6.45, 7) is 2.70. The van der Waals surface area contributed by atoms with Gasteiger partial charge in [0.1, 0.15) is 0 Å². The molecule has 1 aromatic carbocycles. The monoisotopic (exact) mass is 294 g/mol. The molecular weight excluding hydrogens is 272 g/mol. The first-order valence-electron chi connectivity index (χ1n) is 7.19. The number of rotatable bonds is 7. The highest BCUT2D eigenvalue weighted by molar-refractivity contribution is 5.75. The first-order chi connectivity index (χ1) is 10.0. The molecule has 0 radical (unpaired) electrons. The van der Waals surface area contributed by atoms with Gasteiger partial charge in [-0.1, -0.05) is 30.3 Å². The fourth-order valence-electron chi connectivity index (χ4n) is 2.78. The van der Waals surface area contributed by atoms with E-state index in [1.54, 1.807) is 6.92 Å². The Labute approximate surface area is 124 Å². The summed E-state index contributed by atoms with van der Waals surface area (Å²) < 4.78 is 10.8. The van der Waals surface area contributed by atoms with E-state index in [1.165, 1.54) is 0 Å². The highest BCUT2D eigenvalue weighted by atomic mass is 16.5. The lowest BCUT2D eigenvalue weighted by Gasteiger charge is -2.29. The van der Waals surface area contributed by atoms with Crippen LogP contribution in [0.15, 0.2) is 30.3 Å². The van der Waals surface area contributed by atoms with Crippen molar-refractivity contribution in [3.05, 3.63) is 35.9 Å². The highest BCUT2D eigenvalue weighted by Crippen LogP contribution is 2.39. The number of carbonyl (C=O) groups is 1. The molecule has 1 aromatic rings. The maximum absolute atomic E-state index is 11.5. The second-order valence-electron chi connectivity index (χ2n) is 5.58. The van der Waals surface area contributed by atoms with Crippen LogP contribution in [0.3, 0.4) is 0 Å². The van der Waals surface area contributed by atoms with Gasteiger partial charge in [0.05, 0.1) is 30.8 Å². The van der Waals surface area contributed by atoms with Gasteiger partial charge >= 0.3 is 5.97 Å². The molecule has 0 bridgehead atoms. The first-order valence-corrected chi connectivity index (χ1v) is 7.19. The van der Waals surface area contributed by atoms with Crippen LogP contribution in [-0.4, -0.2) is 41.6 Å². The highest BCUT2D eigenvalue weighted by Gasteiger charge is 2.49. The van der Waals surface area contributed by atoms with Crippen LogP contribution in [0.4, 0.5) is 0 Å². The Kier molecular flexibility index (Phi) is 5.33. The van der Waals surface area contributed by atoms with Crippen molar-refractivity contribution in [2.45, 2.75) is 38.6 Å². The predicted octanol–water partition coefficient (Wildman–Crippen LogP) is 1.83. The van der Waals surface area contributed by atoms with Crippen LogP contribution in [0, 0.1) is 5.41 Å². The fourth-order valence-corrected chi connectivity index (χ4v) is 2.78. The van der Waals surface area contributed by atoms with Gasteiger partial charge in [-0.25, -0.2) is 0 Å². The lowest BCUT2D eigenvalue weighted by atomic mass is 9.77. The topological polar surface area (TPSA) is 76.0 Å². The van der Waals surface area contributed by atoms with Crippen molar-refractivity contribution in [1.29, 1.82) is 0 Å². The van der Waals surface area contributed by atoms with Crippen molar-refractivity contribution >= 4 is 5.97 Å². The smallest absolute Gasteiger partial charge is 0.312 e. The molecule has 116 valence electrons. The second-order valence-corrected chi connectivity index (χ2v) is 5.58. The van der Waals surface area contributed by atoms with Gasteiger partial charge < -0.3 is 19.7 Å². The van der Waals surface area contributed by atoms with Gasteiger partial charge in [-0.15, -0.1) is 0 Å². The van der Waals surface area contributed by atoms with Crippen molar-refractivity contribution in [2.24, 2.45) is 5.41 Å². The number of aliphatic carboxylic acids is 1. The fraction of sp³-hybridized carbons (Fsp3) is 0.562. The molecule has 0 saturated carbocycles. The quantitative estimate of drug-likeness (QED) is 0.802. The van der Waals surface area contributed by atoms with Crippen molar-refractivity contribution < 1.29 is 24.5 Å². The number of aliphatic hydroxyl groups is 1. The maximum Gasteiger partial charge on any atom is 0.312 e. The number of hydrogen-bond donors (Lipinski definition) is 2. The van der Waals surface area contributed by atoms with Crippen LogP contribution in [0.5, 0.6) is 0 Å². The summed E-state index contributed by atoms with van der Waals surface area (Å²) in [5.41, 5.74) is 0.0189. The third kappa shape index (κ3) is 3.81. The normalized spacial score (nSPS) is 26.7. The van der Waals surface area contributed by atoms with Crippen LogP contribution in [0.25, 0.3) is 0 Å². The Morgan fingerprint density at radius 1 is 1.48 bits per heavy atom. The van der Waals surface area contributed by atoms with Crippen molar-refractivity contribution in [1.82, 2.24) is 0 Å². The molecule has 0 amide bonds. The molecule has 2 N–H and O–H groups in total. The second kappa shape index (κ2) is 7.02. The number of carboxylic acid groups (broad SMARTS) is 1. The van der Waals surface area contributed by atoms with Gasteiger partial charge in [-0.2, -0.15) is 0 Å². The summed E-state index contributed by atoms with van der Waals surface area (Å²) in [5, 5.41) is 19.5. The molecule has 0 aliphatic carbocycles. The molecule has 1 aliphatic heterocycles. The van der Waals surface area contributed by atoms with Crippen LogP contribution in [0.2, 0.25) is 0 Å². The minimum atomic E-state index is -1.00. The Morgan fingerprint density at radius 2 is 2.19 bits per heavy atom. The number of benzene rings is 1. The number of hydrogen-bond acceptors (Lipinski definition) is 4. The number of aliphatic hydroxyl groups excluding tert-OH is 1. The van der Waals surface area contributed by atoms with Crippen LogP contribution >= 0.6 is 0 Å². The predicted molar refractivity (Wildman–Crippen MR) is 76.8 cm³/mol. The Morgan fingerprint density at radius 3 is 2.76 bits per heavy atom. The van der Waals surface area contributed by atoms with E-state index in [0.717, 1.165) is 5.56 Å². The number of carboxylic acids is 1. The molecular formula is C16H22O5. The zero-order chi connectivity index (χ0) is 15.3. The lowest BCUT2D eigenvalue weighted by molar-refractivity contribution is -0.155. The SMILES string of the molecule is CC1OCCC1(CC(O)COCc1ccccc1)C(=O)O. The average Bonchev–Trinajstić information content (AvgIpc) is 2.82. The van der Waals surface area contributed by atoms with Crippen molar-refractivity contribution in [3.8, 4) is 0 Å². The standard InChI is InChI=1S/C16H22O5/c1-12-16(15(18)19,7-8-21-12)9-14(17)11-20-10-13-5-3-2-4-6-13/h2-6,12,14,17H,7-11H2,1H3,(H,18,19). The summed E-state index contributed by atoms with van der Waals surface area (Å²) in [6.07, 6.45) is -0.620. The first kappa shape index (κ1) is 15.9. The Balaban J connectivity index is 1.83. The molecule has 1 heterocycles. The number of ether oxygens (including phenoxy) is 2. The minimum Gasteiger partial charge on any atom is -0.481 e. The summed E-state index contributed by atoms with van der Waals surface area (Å²) >= 11 is 0. The Bertz CT molecular complexity index is 461. The summed E-state index contributed by atoms with van der Waals surface area (Å²) in [5.74, 6) is -0.908. The van der Waals surface area contributed by atoms with Crippen LogP contribution < -0.4 is 0 Å². The van der Waals surface area contributed by atoms with Crippen molar-refractivity contribution in [2.75, 3.05) is 13.2 Å². The molecule has 1 fully saturated rings. The lowest BCUT2D eigenvalue weighted by Crippen LogP contribution is -2.41. The molecule has 3 unspecified atom stereocenters. The third-order valence-corrected chi connectivity index (χ3v) is 4.14. The molecule has 5 nitrogen and oxygen atoms in total. The van der Waals surface area contributed by atoms with Crippen LogP contribution in [0.1, 0.15) is 25.3 Å². The molecule has 0 aromatic heterocycles. The summed E-state index contributed by atoms with van der Waals surface area (Å²) in [4.78, 5) is 11.5. The van der Waals surface area contributed by atoms with E-state index >= 15 is 0 Å². The van der Waals surface area contributed by atoms with E-state index in [0.29, 0.717) is 19.6 Å². The van der Waals surface area contributed by atoms with Crippen molar-refractivity contribution in [3.63, 3.8) is 0 Å². The zero-order valence-electron chi connectivity index (χ0n) is 12.2. The van der Waals surface area contributed by atoms with Gasteiger partial charge in [-0.05, 0) is 25.3 Å².